The van der Waals surface area contributed by atoms with Crippen LogP contribution in [0.3, 0.4) is 0 Å². The van der Waals surface area contributed by atoms with Crippen LogP contribution in [0, 0.1) is 29.1 Å². The van der Waals surface area contributed by atoms with Gasteiger partial charge in [0.15, 0.2) is 0 Å². The topological polar surface area (TPSA) is 39.1 Å². The van der Waals surface area contributed by atoms with Crippen LogP contribution in [0.4, 0.5) is 0 Å². The van der Waals surface area contributed by atoms with Gasteiger partial charge in [-0.1, -0.05) is 13.8 Å². The molecule has 0 amide bonds. The van der Waals surface area contributed by atoms with Crippen molar-refractivity contribution in [3.05, 3.63) is 0 Å². The van der Waals surface area contributed by atoms with Gasteiger partial charge in [-0.2, -0.15) is 5.26 Å². The molecular weight excluding hydrogens is 222 g/mol. The summed E-state index contributed by atoms with van der Waals surface area (Å²) in [6.07, 6.45) is 2.43. The lowest BCUT2D eigenvalue weighted by atomic mass is 9.93. The molecular formula is C15H27N3. The molecule has 3 nitrogen and oxygen atoms in total. The number of nitrogens with zero attached hydrogens (tertiary/aromatic N) is 2. The van der Waals surface area contributed by atoms with Gasteiger partial charge in [-0.15, -0.1) is 0 Å². The molecule has 1 saturated carbocycles. The molecule has 1 saturated heterocycles. The van der Waals surface area contributed by atoms with Gasteiger partial charge in [-0.25, -0.2) is 0 Å². The van der Waals surface area contributed by atoms with Gasteiger partial charge in [-0.05, 0) is 44.4 Å². The van der Waals surface area contributed by atoms with Crippen molar-refractivity contribution in [1.29, 1.82) is 5.26 Å². The number of likely N-dealkylation sites (tertiary alicyclic amines) is 1. The van der Waals surface area contributed by atoms with Crippen LogP contribution in [0.5, 0.6) is 0 Å². The third-order valence-corrected chi connectivity index (χ3v) is 4.56. The highest BCUT2D eigenvalue weighted by molar-refractivity contribution is 5.17. The van der Waals surface area contributed by atoms with Gasteiger partial charge >= 0.3 is 0 Å². The van der Waals surface area contributed by atoms with Gasteiger partial charge in [0.25, 0.3) is 0 Å². The highest BCUT2D eigenvalue weighted by atomic mass is 15.2. The third kappa shape index (κ3) is 2.87. The van der Waals surface area contributed by atoms with Crippen molar-refractivity contribution in [3.63, 3.8) is 0 Å². The summed E-state index contributed by atoms with van der Waals surface area (Å²) < 4.78 is 0. The van der Waals surface area contributed by atoms with Crippen molar-refractivity contribution >= 4 is 0 Å². The summed E-state index contributed by atoms with van der Waals surface area (Å²) in [5.41, 5.74) is -0.308. The lowest BCUT2D eigenvalue weighted by Gasteiger charge is -2.34. The van der Waals surface area contributed by atoms with Gasteiger partial charge in [0, 0.05) is 25.7 Å². The molecule has 2 fully saturated rings. The van der Waals surface area contributed by atoms with Crippen LogP contribution in [-0.4, -0.2) is 36.1 Å². The fraction of sp³-hybridized carbons (Fsp3) is 0.933. The average molecular weight is 249 g/mol. The van der Waals surface area contributed by atoms with E-state index in [9.17, 15) is 5.26 Å². The second kappa shape index (κ2) is 5.19. The molecule has 3 heteroatoms. The van der Waals surface area contributed by atoms with E-state index in [2.05, 4.69) is 44.0 Å². The minimum absolute atomic E-state index is 0.308. The van der Waals surface area contributed by atoms with Crippen molar-refractivity contribution in [3.8, 4) is 6.07 Å². The fourth-order valence-electron chi connectivity index (χ4n) is 3.27. The SMILES string of the molecule is CC(C)NC(C#N)(CN1CC(C)C(C)C1)C1CC1. The first-order valence-corrected chi connectivity index (χ1v) is 7.38. The fourth-order valence-corrected chi connectivity index (χ4v) is 3.27. The van der Waals surface area contributed by atoms with Crippen molar-refractivity contribution < 1.29 is 0 Å². The molecule has 0 aromatic heterocycles. The maximum Gasteiger partial charge on any atom is 0.122 e. The zero-order valence-electron chi connectivity index (χ0n) is 12.2. The minimum atomic E-state index is -0.308. The number of hydrogen-bond acceptors (Lipinski definition) is 3. The maximum atomic E-state index is 9.69. The molecule has 3 atom stereocenters. The number of rotatable bonds is 5. The van der Waals surface area contributed by atoms with Gasteiger partial charge in [0.05, 0.1) is 6.07 Å². The first kappa shape index (κ1) is 13.8. The second-order valence-corrected chi connectivity index (χ2v) is 6.81. The van der Waals surface area contributed by atoms with Crippen LogP contribution in [0.15, 0.2) is 0 Å². The first-order valence-electron chi connectivity index (χ1n) is 7.38. The molecule has 0 spiro atoms. The molecule has 1 aliphatic carbocycles. The Morgan fingerprint density at radius 1 is 1.28 bits per heavy atom. The minimum Gasteiger partial charge on any atom is -0.300 e. The van der Waals surface area contributed by atoms with E-state index in [0.717, 1.165) is 31.5 Å². The van der Waals surface area contributed by atoms with Crippen LogP contribution in [0.2, 0.25) is 0 Å². The van der Waals surface area contributed by atoms with E-state index >= 15 is 0 Å². The van der Waals surface area contributed by atoms with E-state index in [1.165, 1.54) is 12.8 Å². The summed E-state index contributed by atoms with van der Waals surface area (Å²) in [4.78, 5) is 2.49. The van der Waals surface area contributed by atoms with E-state index in [0.29, 0.717) is 12.0 Å². The van der Waals surface area contributed by atoms with Gasteiger partial charge in [0.1, 0.15) is 5.54 Å². The van der Waals surface area contributed by atoms with Crippen LogP contribution in [0.25, 0.3) is 0 Å². The average Bonchev–Trinajstić information content (AvgIpc) is 3.07. The lowest BCUT2D eigenvalue weighted by molar-refractivity contribution is 0.211. The molecule has 102 valence electrons. The lowest BCUT2D eigenvalue weighted by Crippen LogP contribution is -2.56. The Balaban J connectivity index is 2.04. The predicted molar refractivity (Wildman–Crippen MR) is 74.1 cm³/mol. The highest BCUT2D eigenvalue weighted by Gasteiger charge is 2.47. The summed E-state index contributed by atoms with van der Waals surface area (Å²) in [6.45, 7) is 12.1. The van der Waals surface area contributed by atoms with E-state index in [-0.39, 0.29) is 5.54 Å². The van der Waals surface area contributed by atoms with Gasteiger partial charge < -0.3 is 0 Å². The normalized spacial score (nSPS) is 32.4. The summed E-state index contributed by atoms with van der Waals surface area (Å²) in [5.74, 6) is 2.09. The number of nitrogens with one attached hydrogen (secondary N) is 1. The van der Waals surface area contributed by atoms with E-state index in [1.807, 2.05) is 0 Å². The molecule has 0 bridgehead atoms. The molecule has 1 N–H and O–H groups in total. The van der Waals surface area contributed by atoms with E-state index in [1.54, 1.807) is 0 Å². The number of hydrogen-bond donors (Lipinski definition) is 1. The largest absolute Gasteiger partial charge is 0.300 e. The smallest absolute Gasteiger partial charge is 0.122 e. The van der Waals surface area contributed by atoms with E-state index in [4.69, 9.17) is 0 Å². The Kier molecular flexibility index (Phi) is 3.99. The Morgan fingerprint density at radius 3 is 2.22 bits per heavy atom. The molecule has 0 aromatic carbocycles. The quantitative estimate of drug-likeness (QED) is 0.812. The Morgan fingerprint density at radius 2 is 1.83 bits per heavy atom. The summed E-state index contributed by atoms with van der Waals surface area (Å²) in [6, 6.07) is 2.99. The Hall–Kier alpha value is -0.590. The van der Waals surface area contributed by atoms with Crippen LogP contribution in [-0.2, 0) is 0 Å². The van der Waals surface area contributed by atoms with Crippen LogP contribution in [0.1, 0.15) is 40.5 Å². The molecule has 2 rings (SSSR count). The Labute approximate surface area is 112 Å². The second-order valence-electron chi connectivity index (χ2n) is 6.81. The summed E-state index contributed by atoms with van der Waals surface area (Å²) in [7, 11) is 0. The standard InChI is InChI=1S/C15H27N3/c1-11(2)17-15(9-16,14-5-6-14)10-18-7-12(3)13(4)8-18/h11-14,17H,5-8,10H2,1-4H3. The van der Waals surface area contributed by atoms with Crippen molar-refractivity contribution in [1.82, 2.24) is 10.2 Å². The number of nitriles is 1. The molecule has 1 heterocycles. The predicted octanol–water partition coefficient (Wildman–Crippen LogP) is 2.24. The molecule has 3 unspecified atom stereocenters. The Bertz CT molecular complexity index is 319. The van der Waals surface area contributed by atoms with Crippen LogP contribution < -0.4 is 5.32 Å². The zero-order chi connectivity index (χ0) is 13.3. The monoisotopic (exact) mass is 249 g/mol. The highest BCUT2D eigenvalue weighted by Crippen LogP contribution is 2.41. The summed E-state index contributed by atoms with van der Waals surface area (Å²) in [5, 5.41) is 13.2. The van der Waals surface area contributed by atoms with Crippen molar-refractivity contribution in [2.24, 2.45) is 17.8 Å². The molecule has 0 radical (unpaired) electrons. The van der Waals surface area contributed by atoms with E-state index < -0.39 is 0 Å². The first-order chi connectivity index (χ1) is 8.47. The zero-order valence-corrected chi connectivity index (χ0v) is 12.2. The maximum absolute atomic E-state index is 9.69. The third-order valence-electron chi connectivity index (χ3n) is 4.56. The van der Waals surface area contributed by atoms with Crippen molar-refractivity contribution in [2.75, 3.05) is 19.6 Å². The molecule has 18 heavy (non-hydrogen) atoms. The van der Waals surface area contributed by atoms with Crippen molar-refractivity contribution in [2.45, 2.75) is 52.1 Å². The molecule has 1 aliphatic heterocycles. The molecule has 2 aliphatic rings. The summed E-state index contributed by atoms with van der Waals surface area (Å²) >= 11 is 0. The molecule has 0 aromatic rings. The van der Waals surface area contributed by atoms with Crippen LogP contribution >= 0.6 is 0 Å². The van der Waals surface area contributed by atoms with Gasteiger partial charge in [-0.3, -0.25) is 10.2 Å². The van der Waals surface area contributed by atoms with Gasteiger partial charge in [0.2, 0.25) is 0 Å².